The predicted molar refractivity (Wildman–Crippen MR) is 97.9 cm³/mol. The molecule has 0 spiro atoms. The zero-order valence-corrected chi connectivity index (χ0v) is 14.0. The lowest BCUT2D eigenvalue weighted by atomic mass is 10.1. The van der Waals surface area contributed by atoms with Crippen molar-refractivity contribution in [2.75, 3.05) is 17.2 Å². The summed E-state index contributed by atoms with van der Waals surface area (Å²) in [6.07, 6.45) is 1.77. The second-order valence-corrected chi connectivity index (χ2v) is 5.55. The van der Waals surface area contributed by atoms with Gasteiger partial charge in [0.15, 0.2) is 0 Å². The lowest BCUT2D eigenvalue weighted by molar-refractivity contribution is 1.05. The molecule has 5 heteroatoms. The van der Waals surface area contributed by atoms with Crippen molar-refractivity contribution in [3.63, 3.8) is 0 Å². The van der Waals surface area contributed by atoms with Gasteiger partial charge in [-0.05, 0) is 31.5 Å². The van der Waals surface area contributed by atoms with E-state index in [1.807, 2.05) is 31.2 Å². The van der Waals surface area contributed by atoms with Crippen molar-refractivity contribution in [2.45, 2.75) is 20.4 Å². The number of aryl methyl sites for hydroxylation is 1. The summed E-state index contributed by atoms with van der Waals surface area (Å²) in [5.74, 6) is 1.38. The Morgan fingerprint density at radius 3 is 2.58 bits per heavy atom. The van der Waals surface area contributed by atoms with E-state index in [-0.39, 0.29) is 0 Å². The first-order chi connectivity index (χ1) is 11.7. The highest BCUT2D eigenvalue weighted by atomic mass is 15.1. The van der Waals surface area contributed by atoms with E-state index < -0.39 is 0 Å². The standard InChI is InChI=1S/C19H21N5/c1-3-20-19-23-17(16-9-4-5-10-21-16)12-18(24-19)22-13-15-8-6-7-14(2)11-15/h4-12H,3,13H2,1-2H3,(H2,20,22,23,24). The Balaban J connectivity index is 1.85. The van der Waals surface area contributed by atoms with Crippen LogP contribution in [-0.4, -0.2) is 21.5 Å². The van der Waals surface area contributed by atoms with Crippen molar-refractivity contribution in [3.8, 4) is 11.4 Å². The lowest BCUT2D eigenvalue weighted by Gasteiger charge is -2.11. The molecule has 0 saturated carbocycles. The lowest BCUT2D eigenvalue weighted by Crippen LogP contribution is -2.07. The molecule has 0 atom stereocenters. The van der Waals surface area contributed by atoms with Crippen LogP contribution in [0.15, 0.2) is 54.7 Å². The first-order valence-corrected chi connectivity index (χ1v) is 8.08. The molecule has 2 heterocycles. The van der Waals surface area contributed by atoms with Gasteiger partial charge in [-0.15, -0.1) is 0 Å². The molecule has 0 aliphatic carbocycles. The van der Waals surface area contributed by atoms with Crippen LogP contribution in [-0.2, 0) is 6.54 Å². The van der Waals surface area contributed by atoms with E-state index in [1.54, 1.807) is 6.20 Å². The molecule has 2 N–H and O–H groups in total. The summed E-state index contributed by atoms with van der Waals surface area (Å²) in [5.41, 5.74) is 4.10. The maximum absolute atomic E-state index is 4.54. The van der Waals surface area contributed by atoms with Crippen LogP contribution >= 0.6 is 0 Å². The fourth-order valence-electron chi connectivity index (χ4n) is 2.44. The summed E-state index contributed by atoms with van der Waals surface area (Å²) in [7, 11) is 0. The first kappa shape index (κ1) is 15.9. The number of hydrogen-bond donors (Lipinski definition) is 2. The Labute approximate surface area is 142 Å². The zero-order chi connectivity index (χ0) is 16.8. The quantitative estimate of drug-likeness (QED) is 0.721. The van der Waals surface area contributed by atoms with Crippen LogP contribution in [0.25, 0.3) is 11.4 Å². The normalized spacial score (nSPS) is 10.4. The second kappa shape index (κ2) is 7.55. The van der Waals surface area contributed by atoms with Crippen LogP contribution in [0.3, 0.4) is 0 Å². The Kier molecular flexibility index (Phi) is 5.01. The summed E-state index contributed by atoms with van der Waals surface area (Å²) < 4.78 is 0. The molecular weight excluding hydrogens is 298 g/mol. The molecular formula is C19H21N5. The molecule has 24 heavy (non-hydrogen) atoms. The Morgan fingerprint density at radius 1 is 0.917 bits per heavy atom. The van der Waals surface area contributed by atoms with Crippen LogP contribution in [0.5, 0.6) is 0 Å². The molecule has 122 valence electrons. The third kappa shape index (κ3) is 4.07. The van der Waals surface area contributed by atoms with Gasteiger partial charge in [-0.2, -0.15) is 4.98 Å². The predicted octanol–water partition coefficient (Wildman–Crippen LogP) is 3.89. The van der Waals surface area contributed by atoms with Crippen LogP contribution < -0.4 is 10.6 Å². The molecule has 0 aliphatic rings. The fourth-order valence-corrected chi connectivity index (χ4v) is 2.44. The van der Waals surface area contributed by atoms with Gasteiger partial charge >= 0.3 is 0 Å². The van der Waals surface area contributed by atoms with E-state index in [0.29, 0.717) is 12.5 Å². The van der Waals surface area contributed by atoms with E-state index in [1.165, 1.54) is 11.1 Å². The first-order valence-electron chi connectivity index (χ1n) is 8.08. The van der Waals surface area contributed by atoms with Gasteiger partial charge in [0.25, 0.3) is 0 Å². The highest BCUT2D eigenvalue weighted by Gasteiger charge is 2.07. The molecule has 0 radical (unpaired) electrons. The van der Waals surface area contributed by atoms with Crippen molar-refractivity contribution in [3.05, 3.63) is 65.9 Å². The van der Waals surface area contributed by atoms with E-state index in [2.05, 4.69) is 56.8 Å². The number of rotatable bonds is 6. The molecule has 0 unspecified atom stereocenters. The minimum Gasteiger partial charge on any atom is -0.366 e. The fraction of sp³-hybridized carbons (Fsp3) is 0.211. The van der Waals surface area contributed by atoms with Crippen molar-refractivity contribution in [1.82, 2.24) is 15.0 Å². The summed E-state index contributed by atoms with van der Waals surface area (Å²) in [6, 6.07) is 16.2. The number of aromatic nitrogens is 3. The van der Waals surface area contributed by atoms with E-state index in [4.69, 9.17) is 0 Å². The minimum absolute atomic E-state index is 0.604. The van der Waals surface area contributed by atoms with Gasteiger partial charge < -0.3 is 10.6 Å². The van der Waals surface area contributed by atoms with Gasteiger partial charge in [-0.25, -0.2) is 4.98 Å². The number of hydrogen-bond acceptors (Lipinski definition) is 5. The van der Waals surface area contributed by atoms with E-state index >= 15 is 0 Å². The third-order valence-corrected chi connectivity index (χ3v) is 3.54. The van der Waals surface area contributed by atoms with Crippen LogP contribution in [0.4, 0.5) is 11.8 Å². The van der Waals surface area contributed by atoms with E-state index in [9.17, 15) is 0 Å². The number of nitrogens with one attached hydrogen (secondary N) is 2. The van der Waals surface area contributed by atoms with Gasteiger partial charge in [0.1, 0.15) is 5.82 Å². The highest BCUT2D eigenvalue weighted by Crippen LogP contribution is 2.20. The van der Waals surface area contributed by atoms with Gasteiger partial charge in [-0.1, -0.05) is 35.9 Å². The Hall–Kier alpha value is -2.95. The maximum Gasteiger partial charge on any atom is 0.225 e. The SMILES string of the molecule is CCNc1nc(NCc2cccc(C)c2)cc(-c2ccccn2)n1. The van der Waals surface area contributed by atoms with Crippen LogP contribution in [0.1, 0.15) is 18.1 Å². The molecule has 0 fully saturated rings. The monoisotopic (exact) mass is 319 g/mol. The molecule has 3 rings (SSSR count). The van der Waals surface area contributed by atoms with Gasteiger partial charge in [0.05, 0.1) is 11.4 Å². The maximum atomic E-state index is 4.54. The molecule has 3 aromatic rings. The topological polar surface area (TPSA) is 62.7 Å². The molecule has 2 aromatic heterocycles. The van der Waals surface area contributed by atoms with Crippen molar-refractivity contribution < 1.29 is 0 Å². The molecule has 0 aliphatic heterocycles. The number of nitrogens with zero attached hydrogens (tertiary/aromatic N) is 3. The number of benzene rings is 1. The molecule has 0 saturated heterocycles. The Morgan fingerprint density at radius 2 is 1.83 bits per heavy atom. The Bertz CT molecular complexity index is 802. The average Bonchev–Trinajstić information content (AvgIpc) is 2.61. The van der Waals surface area contributed by atoms with Gasteiger partial charge in [-0.3, -0.25) is 4.98 Å². The van der Waals surface area contributed by atoms with Gasteiger partial charge in [0.2, 0.25) is 5.95 Å². The summed E-state index contributed by atoms with van der Waals surface area (Å²) in [6.45, 7) is 5.60. The third-order valence-electron chi connectivity index (χ3n) is 3.54. The van der Waals surface area contributed by atoms with Crippen molar-refractivity contribution in [2.24, 2.45) is 0 Å². The van der Waals surface area contributed by atoms with Gasteiger partial charge in [0, 0.05) is 25.4 Å². The summed E-state index contributed by atoms with van der Waals surface area (Å²) in [5, 5.41) is 6.55. The van der Waals surface area contributed by atoms with E-state index in [0.717, 1.165) is 23.8 Å². The smallest absolute Gasteiger partial charge is 0.225 e. The van der Waals surface area contributed by atoms with Crippen molar-refractivity contribution in [1.29, 1.82) is 0 Å². The zero-order valence-electron chi connectivity index (χ0n) is 14.0. The summed E-state index contributed by atoms with van der Waals surface area (Å²) in [4.78, 5) is 13.4. The van der Waals surface area contributed by atoms with Crippen molar-refractivity contribution >= 4 is 11.8 Å². The second-order valence-electron chi connectivity index (χ2n) is 5.55. The van der Waals surface area contributed by atoms with Crippen LogP contribution in [0, 0.1) is 6.92 Å². The molecule has 1 aromatic carbocycles. The number of anilines is 2. The molecule has 0 bridgehead atoms. The molecule has 5 nitrogen and oxygen atoms in total. The summed E-state index contributed by atoms with van der Waals surface area (Å²) >= 11 is 0. The van der Waals surface area contributed by atoms with Crippen LogP contribution in [0.2, 0.25) is 0 Å². The highest BCUT2D eigenvalue weighted by molar-refractivity contribution is 5.60. The average molecular weight is 319 g/mol. The largest absolute Gasteiger partial charge is 0.366 e. The molecule has 0 amide bonds. The number of pyridine rings is 1. The minimum atomic E-state index is 0.604.